The molecular weight excluding hydrogens is 454 g/mol. The van der Waals surface area contributed by atoms with Crippen LogP contribution in [0.25, 0.3) is 54.6 Å². The highest BCUT2D eigenvalue weighted by Gasteiger charge is 2.23. The molecule has 8 aromatic rings. The van der Waals surface area contributed by atoms with Crippen LogP contribution in [0.2, 0.25) is 0 Å². The maximum atomic E-state index is 6.59. The SMILES string of the molecule is c1ccc(N(c2ccc3c(c2)oc2ccccc23)c2c3ccccc3cc3c2oc2ccccc23)cc1. The van der Waals surface area contributed by atoms with Gasteiger partial charge in [0, 0.05) is 38.7 Å². The highest BCUT2D eigenvalue weighted by Crippen LogP contribution is 2.47. The number of furan rings is 2. The molecule has 8 rings (SSSR count). The maximum Gasteiger partial charge on any atom is 0.160 e. The maximum absolute atomic E-state index is 6.59. The number of hydrogen-bond acceptors (Lipinski definition) is 3. The van der Waals surface area contributed by atoms with E-state index in [0.717, 1.165) is 66.3 Å². The van der Waals surface area contributed by atoms with Crippen LogP contribution in [0.1, 0.15) is 0 Å². The zero-order valence-corrected chi connectivity index (χ0v) is 19.9. The first-order valence-electron chi connectivity index (χ1n) is 12.4. The summed E-state index contributed by atoms with van der Waals surface area (Å²) < 4.78 is 12.9. The van der Waals surface area contributed by atoms with Crippen molar-refractivity contribution in [2.45, 2.75) is 0 Å². The fraction of sp³-hybridized carbons (Fsp3) is 0. The van der Waals surface area contributed by atoms with E-state index in [2.05, 4.69) is 102 Å². The molecular formula is C34H21NO2. The van der Waals surface area contributed by atoms with Crippen molar-refractivity contribution in [2.75, 3.05) is 4.90 Å². The van der Waals surface area contributed by atoms with E-state index in [1.165, 1.54) is 5.39 Å². The van der Waals surface area contributed by atoms with E-state index in [1.54, 1.807) is 0 Å². The Hall–Kier alpha value is -5.02. The summed E-state index contributed by atoms with van der Waals surface area (Å²) in [6.07, 6.45) is 0. The Kier molecular flexibility index (Phi) is 4.23. The number of fused-ring (bicyclic) bond motifs is 7. The highest BCUT2D eigenvalue weighted by atomic mass is 16.3. The van der Waals surface area contributed by atoms with E-state index in [9.17, 15) is 0 Å². The molecule has 0 aliphatic heterocycles. The molecule has 0 saturated carbocycles. The minimum atomic E-state index is 0.862. The van der Waals surface area contributed by atoms with E-state index in [0.29, 0.717) is 0 Å². The van der Waals surface area contributed by atoms with Gasteiger partial charge in [-0.15, -0.1) is 0 Å². The van der Waals surface area contributed by atoms with E-state index in [1.807, 2.05) is 30.3 Å². The van der Waals surface area contributed by atoms with E-state index in [-0.39, 0.29) is 0 Å². The van der Waals surface area contributed by atoms with Crippen LogP contribution >= 0.6 is 0 Å². The first kappa shape index (κ1) is 20.2. The quantitative estimate of drug-likeness (QED) is 0.255. The minimum absolute atomic E-state index is 0.862. The third-order valence-corrected chi connectivity index (χ3v) is 7.22. The topological polar surface area (TPSA) is 29.5 Å². The van der Waals surface area contributed by atoms with Gasteiger partial charge in [0.1, 0.15) is 16.7 Å². The fourth-order valence-electron chi connectivity index (χ4n) is 5.56. The zero-order chi connectivity index (χ0) is 24.3. The van der Waals surface area contributed by atoms with Crippen molar-refractivity contribution < 1.29 is 8.83 Å². The van der Waals surface area contributed by atoms with Crippen molar-refractivity contribution in [1.82, 2.24) is 0 Å². The Balaban J connectivity index is 1.50. The Bertz CT molecular complexity index is 2100. The summed E-state index contributed by atoms with van der Waals surface area (Å²) in [6, 6.07) is 44.2. The first-order chi connectivity index (χ1) is 18.3. The number of rotatable bonds is 3. The summed E-state index contributed by atoms with van der Waals surface area (Å²) in [6.45, 7) is 0. The van der Waals surface area contributed by atoms with Crippen LogP contribution < -0.4 is 4.90 Å². The number of para-hydroxylation sites is 3. The van der Waals surface area contributed by atoms with Gasteiger partial charge < -0.3 is 13.7 Å². The lowest BCUT2D eigenvalue weighted by molar-refractivity contribution is 0.668. The van der Waals surface area contributed by atoms with Crippen molar-refractivity contribution in [3.8, 4) is 0 Å². The third kappa shape index (κ3) is 3.01. The average Bonchev–Trinajstić information content (AvgIpc) is 3.51. The molecule has 0 aliphatic rings. The highest BCUT2D eigenvalue weighted by molar-refractivity contribution is 6.19. The zero-order valence-electron chi connectivity index (χ0n) is 19.9. The van der Waals surface area contributed by atoms with E-state index in [4.69, 9.17) is 8.83 Å². The summed E-state index contributed by atoms with van der Waals surface area (Å²) >= 11 is 0. The Morgan fingerprint density at radius 3 is 1.84 bits per heavy atom. The van der Waals surface area contributed by atoms with Gasteiger partial charge in [-0.2, -0.15) is 0 Å². The number of nitrogens with zero attached hydrogens (tertiary/aromatic N) is 1. The van der Waals surface area contributed by atoms with Gasteiger partial charge in [0.05, 0.1) is 11.4 Å². The second kappa shape index (κ2) is 7.74. The number of anilines is 3. The minimum Gasteiger partial charge on any atom is -0.456 e. The summed E-state index contributed by atoms with van der Waals surface area (Å²) in [5.41, 5.74) is 6.59. The standard InChI is InChI=1S/C34H21NO2/c1-2-11-23(12-3-1)35(24-18-19-28-26-14-6-8-16-30(26)36-32(28)21-24)33-25-13-5-4-10-22(25)20-29-27-15-7-9-17-31(27)37-34(29)33/h1-21H. The Labute approximate surface area is 212 Å². The van der Waals surface area contributed by atoms with Crippen LogP contribution in [0.5, 0.6) is 0 Å². The summed E-state index contributed by atoms with van der Waals surface area (Å²) in [7, 11) is 0. The molecule has 2 aromatic heterocycles. The van der Waals surface area contributed by atoms with Gasteiger partial charge in [-0.3, -0.25) is 0 Å². The predicted molar refractivity (Wildman–Crippen MR) is 153 cm³/mol. The molecule has 6 aromatic carbocycles. The van der Waals surface area contributed by atoms with Crippen LogP contribution in [0, 0.1) is 0 Å². The summed E-state index contributed by atoms with van der Waals surface area (Å²) in [5.74, 6) is 0. The largest absolute Gasteiger partial charge is 0.456 e. The molecule has 3 nitrogen and oxygen atoms in total. The first-order valence-corrected chi connectivity index (χ1v) is 12.4. The molecule has 37 heavy (non-hydrogen) atoms. The van der Waals surface area contributed by atoms with Crippen molar-refractivity contribution in [1.29, 1.82) is 0 Å². The number of hydrogen-bond donors (Lipinski definition) is 0. The van der Waals surface area contributed by atoms with Gasteiger partial charge in [0.2, 0.25) is 0 Å². The van der Waals surface area contributed by atoms with Crippen LogP contribution in [-0.2, 0) is 0 Å². The normalized spacial score (nSPS) is 11.8. The van der Waals surface area contributed by atoms with E-state index < -0.39 is 0 Å². The molecule has 0 radical (unpaired) electrons. The van der Waals surface area contributed by atoms with Crippen molar-refractivity contribution >= 4 is 71.7 Å². The molecule has 0 saturated heterocycles. The van der Waals surface area contributed by atoms with Crippen LogP contribution in [0.4, 0.5) is 17.1 Å². The van der Waals surface area contributed by atoms with Crippen LogP contribution in [0.3, 0.4) is 0 Å². The summed E-state index contributed by atoms with van der Waals surface area (Å²) in [5, 5.41) is 6.75. The second-order valence-corrected chi connectivity index (χ2v) is 9.37. The number of benzene rings is 6. The van der Waals surface area contributed by atoms with E-state index >= 15 is 0 Å². The predicted octanol–water partition coefficient (Wildman–Crippen LogP) is 10.1. The molecule has 0 unspecified atom stereocenters. The molecule has 3 heteroatoms. The molecule has 0 N–H and O–H groups in total. The van der Waals surface area contributed by atoms with Crippen molar-refractivity contribution in [2.24, 2.45) is 0 Å². The van der Waals surface area contributed by atoms with Gasteiger partial charge in [-0.05, 0) is 47.9 Å². The van der Waals surface area contributed by atoms with Crippen LogP contribution in [-0.4, -0.2) is 0 Å². The van der Waals surface area contributed by atoms with Gasteiger partial charge in [0.15, 0.2) is 5.58 Å². The van der Waals surface area contributed by atoms with Crippen molar-refractivity contribution in [3.05, 3.63) is 127 Å². The lowest BCUT2D eigenvalue weighted by Gasteiger charge is -2.27. The fourth-order valence-corrected chi connectivity index (χ4v) is 5.56. The van der Waals surface area contributed by atoms with Gasteiger partial charge in [-0.1, -0.05) is 78.9 Å². The Morgan fingerprint density at radius 1 is 0.405 bits per heavy atom. The van der Waals surface area contributed by atoms with Gasteiger partial charge in [0.25, 0.3) is 0 Å². The molecule has 0 fully saturated rings. The summed E-state index contributed by atoms with van der Waals surface area (Å²) in [4.78, 5) is 2.29. The molecule has 0 atom stereocenters. The van der Waals surface area contributed by atoms with Crippen molar-refractivity contribution in [3.63, 3.8) is 0 Å². The molecule has 174 valence electrons. The molecule has 0 amide bonds. The third-order valence-electron chi connectivity index (χ3n) is 7.22. The smallest absolute Gasteiger partial charge is 0.160 e. The van der Waals surface area contributed by atoms with Crippen LogP contribution in [0.15, 0.2) is 136 Å². The monoisotopic (exact) mass is 475 g/mol. The average molecular weight is 476 g/mol. The second-order valence-electron chi connectivity index (χ2n) is 9.37. The lowest BCUT2D eigenvalue weighted by Crippen LogP contribution is -2.10. The van der Waals surface area contributed by atoms with Gasteiger partial charge in [-0.25, -0.2) is 0 Å². The molecule has 0 spiro atoms. The molecule has 0 bridgehead atoms. The molecule has 0 aliphatic carbocycles. The Morgan fingerprint density at radius 2 is 1.03 bits per heavy atom. The van der Waals surface area contributed by atoms with Gasteiger partial charge >= 0.3 is 0 Å². The lowest BCUT2D eigenvalue weighted by atomic mass is 10.0. The molecule has 2 heterocycles.